The second-order valence-electron chi connectivity index (χ2n) is 9.92. The number of hydrazine groups is 3. The van der Waals surface area contributed by atoms with Crippen LogP contribution in [0.4, 0.5) is 41.1 Å². The molecule has 0 saturated carbocycles. The van der Waals surface area contributed by atoms with Gasteiger partial charge in [0.2, 0.25) is 5.95 Å². The Labute approximate surface area is 244 Å². The van der Waals surface area contributed by atoms with E-state index < -0.39 is 17.6 Å². The maximum absolute atomic E-state index is 13.5. The highest BCUT2D eigenvalue weighted by molar-refractivity contribution is 6.07. The molecule has 1 aromatic heterocycles. The van der Waals surface area contributed by atoms with Crippen molar-refractivity contribution < 1.29 is 27.6 Å². The lowest BCUT2D eigenvalue weighted by Crippen LogP contribution is -2.59. The number of aromatic nitrogens is 2. The molecule has 0 unspecified atom stereocenters. The smallest absolute Gasteiger partial charge is 0.322 e. The Bertz CT molecular complexity index is 1600. The first-order valence-corrected chi connectivity index (χ1v) is 13.2. The van der Waals surface area contributed by atoms with E-state index >= 15 is 0 Å². The first-order valence-electron chi connectivity index (χ1n) is 13.2. The monoisotopic (exact) mass is 595 g/mol. The number of rotatable bonds is 6. The van der Waals surface area contributed by atoms with Crippen LogP contribution in [-0.4, -0.2) is 58.1 Å². The number of carbonyl (C=O) groups is 3. The van der Waals surface area contributed by atoms with Gasteiger partial charge in [0, 0.05) is 43.1 Å². The second-order valence-corrected chi connectivity index (χ2v) is 9.92. The number of carbonyl (C=O) groups excluding carboxylic acids is 3. The van der Waals surface area contributed by atoms with Crippen LogP contribution in [0.2, 0.25) is 0 Å². The Kier molecular flexibility index (Phi) is 8.02. The van der Waals surface area contributed by atoms with Gasteiger partial charge in [0.15, 0.2) is 0 Å². The fourth-order valence-corrected chi connectivity index (χ4v) is 4.67. The van der Waals surface area contributed by atoms with Crippen molar-refractivity contribution in [3.8, 4) is 0 Å². The van der Waals surface area contributed by atoms with Crippen LogP contribution in [0.5, 0.6) is 0 Å². The van der Waals surface area contributed by atoms with E-state index in [1.54, 1.807) is 43.5 Å². The standard InChI is InChI=1S/C28H28F3N9O3/c1-4-23(41)39-11-6-12-40(36-39)35-26-32-15-19-16-38(27(43)37(3)24(19)34-26)22-14-21(10-9-17(22)2)33-25(42)18-7-5-8-20(13-18)28(29,30)31/h4-5,7-10,13-15,36H,1,6,11-12,16H2,2-3H3,(H,33,42)(H,32,34,35). The van der Waals surface area contributed by atoms with Crippen molar-refractivity contribution in [3.63, 3.8) is 0 Å². The van der Waals surface area contributed by atoms with Gasteiger partial charge in [-0.25, -0.2) is 9.78 Å². The molecule has 2 aromatic carbocycles. The van der Waals surface area contributed by atoms with Gasteiger partial charge in [-0.1, -0.05) is 18.7 Å². The van der Waals surface area contributed by atoms with Crippen LogP contribution in [0.1, 0.15) is 33.5 Å². The zero-order valence-electron chi connectivity index (χ0n) is 23.3. The van der Waals surface area contributed by atoms with Crippen LogP contribution in [-0.2, 0) is 17.5 Å². The van der Waals surface area contributed by atoms with Gasteiger partial charge >= 0.3 is 12.2 Å². The van der Waals surface area contributed by atoms with Crippen molar-refractivity contribution in [1.82, 2.24) is 25.6 Å². The third kappa shape index (κ3) is 6.27. The molecule has 5 rings (SSSR count). The van der Waals surface area contributed by atoms with Crippen molar-refractivity contribution in [2.24, 2.45) is 0 Å². The van der Waals surface area contributed by atoms with E-state index in [0.29, 0.717) is 42.3 Å². The largest absolute Gasteiger partial charge is 0.416 e. The van der Waals surface area contributed by atoms with E-state index in [2.05, 4.69) is 32.8 Å². The van der Waals surface area contributed by atoms with Gasteiger partial charge in [-0.3, -0.25) is 29.8 Å². The Morgan fingerprint density at radius 2 is 1.93 bits per heavy atom. The summed E-state index contributed by atoms with van der Waals surface area (Å²) in [5.74, 6) is -0.399. The van der Waals surface area contributed by atoms with E-state index in [0.717, 1.165) is 17.7 Å². The summed E-state index contributed by atoms with van der Waals surface area (Å²) in [7, 11) is 1.57. The Morgan fingerprint density at radius 1 is 1.14 bits per heavy atom. The summed E-state index contributed by atoms with van der Waals surface area (Å²) in [6.07, 6.45) is -1.09. The summed E-state index contributed by atoms with van der Waals surface area (Å²) < 4.78 is 39.3. The number of halogens is 3. The van der Waals surface area contributed by atoms with Crippen LogP contribution in [0, 0.1) is 6.92 Å². The molecule has 0 atom stereocenters. The summed E-state index contributed by atoms with van der Waals surface area (Å²) >= 11 is 0. The lowest BCUT2D eigenvalue weighted by atomic mass is 10.1. The highest BCUT2D eigenvalue weighted by Crippen LogP contribution is 2.34. The quantitative estimate of drug-likeness (QED) is 0.364. The number of nitrogens with zero attached hydrogens (tertiary/aromatic N) is 6. The van der Waals surface area contributed by atoms with Crippen LogP contribution >= 0.6 is 0 Å². The Hall–Kier alpha value is -5.02. The molecule has 224 valence electrons. The van der Waals surface area contributed by atoms with E-state index in [4.69, 9.17) is 0 Å². The number of alkyl halides is 3. The summed E-state index contributed by atoms with van der Waals surface area (Å²) in [6, 6.07) is 8.65. The highest BCUT2D eigenvalue weighted by Gasteiger charge is 2.33. The minimum absolute atomic E-state index is 0.133. The molecule has 2 aliphatic rings. The molecule has 3 aromatic rings. The SMILES string of the molecule is C=CC(=O)N1CCCN(Nc2ncc3c(n2)N(C)C(=O)N(c2cc(NC(=O)c4cccc(C(F)(F)F)c4)ccc2C)C3)N1. The van der Waals surface area contributed by atoms with Gasteiger partial charge in [0.05, 0.1) is 17.8 Å². The van der Waals surface area contributed by atoms with Crippen molar-refractivity contribution >= 4 is 41.0 Å². The van der Waals surface area contributed by atoms with Crippen LogP contribution in [0.15, 0.2) is 61.3 Å². The predicted molar refractivity (Wildman–Crippen MR) is 153 cm³/mol. The summed E-state index contributed by atoms with van der Waals surface area (Å²) in [5, 5.41) is 5.58. The molecule has 4 amide bonds. The number of anilines is 4. The molecule has 1 fully saturated rings. The van der Waals surface area contributed by atoms with Gasteiger partial charge in [-0.15, -0.1) is 10.7 Å². The van der Waals surface area contributed by atoms with Crippen LogP contribution < -0.4 is 26.1 Å². The summed E-state index contributed by atoms with van der Waals surface area (Å²) in [4.78, 5) is 49.9. The molecule has 43 heavy (non-hydrogen) atoms. The average molecular weight is 596 g/mol. The lowest BCUT2D eigenvalue weighted by Gasteiger charge is -2.36. The van der Waals surface area contributed by atoms with Crippen molar-refractivity contribution in [3.05, 3.63) is 83.6 Å². The Morgan fingerprint density at radius 3 is 2.67 bits per heavy atom. The lowest BCUT2D eigenvalue weighted by molar-refractivity contribution is -0.138. The number of urea groups is 1. The first kappa shape index (κ1) is 29.5. The maximum Gasteiger partial charge on any atom is 0.416 e. The minimum atomic E-state index is -4.58. The zero-order valence-corrected chi connectivity index (χ0v) is 23.3. The zero-order chi connectivity index (χ0) is 30.9. The van der Waals surface area contributed by atoms with E-state index in [-0.39, 0.29) is 30.0 Å². The first-order chi connectivity index (χ1) is 20.4. The molecule has 0 radical (unpaired) electrons. The third-order valence-corrected chi connectivity index (χ3v) is 6.90. The van der Waals surface area contributed by atoms with Crippen molar-refractivity contribution in [2.75, 3.05) is 40.7 Å². The van der Waals surface area contributed by atoms with Gasteiger partial charge in [-0.2, -0.15) is 18.2 Å². The summed E-state index contributed by atoms with van der Waals surface area (Å²) in [6.45, 7) is 6.49. The number of amides is 4. The van der Waals surface area contributed by atoms with Gasteiger partial charge in [0.1, 0.15) is 5.82 Å². The topological polar surface area (TPSA) is 126 Å². The molecule has 0 spiro atoms. The van der Waals surface area contributed by atoms with Gasteiger partial charge in [0.25, 0.3) is 11.8 Å². The van der Waals surface area contributed by atoms with E-state index in [9.17, 15) is 27.6 Å². The third-order valence-electron chi connectivity index (χ3n) is 6.90. The highest BCUT2D eigenvalue weighted by atomic mass is 19.4. The van der Waals surface area contributed by atoms with E-state index in [1.165, 1.54) is 33.0 Å². The van der Waals surface area contributed by atoms with Gasteiger partial charge in [-0.05, 0) is 55.3 Å². The number of aryl methyl sites for hydroxylation is 1. The molecule has 12 nitrogen and oxygen atoms in total. The fraction of sp³-hybridized carbons (Fsp3) is 0.250. The number of hydrogen-bond acceptors (Lipinski definition) is 8. The van der Waals surface area contributed by atoms with Crippen molar-refractivity contribution in [2.45, 2.75) is 26.1 Å². The second kappa shape index (κ2) is 11.7. The van der Waals surface area contributed by atoms with Crippen LogP contribution in [0.3, 0.4) is 0 Å². The predicted octanol–water partition coefficient (Wildman–Crippen LogP) is 4.10. The number of nitrogens with one attached hydrogen (secondary N) is 3. The van der Waals surface area contributed by atoms with E-state index in [1.807, 2.05) is 0 Å². The molecule has 2 aliphatic heterocycles. The molecule has 1 saturated heterocycles. The molecular formula is C28H28F3N9O3. The normalized spacial score (nSPS) is 15.7. The molecule has 3 heterocycles. The minimum Gasteiger partial charge on any atom is -0.322 e. The molecule has 15 heteroatoms. The number of benzene rings is 2. The average Bonchev–Trinajstić information content (AvgIpc) is 2.99. The van der Waals surface area contributed by atoms with Crippen LogP contribution in [0.25, 0.3) is 0 Å². The number of fused-ring (bicyclic) bond motifs is 1. The molecular weight excluding hydrogens is 567 g/mol. The molecule has 0 bridgehead atoms. The Balaban J connectivity index is 1.33. The van der Waals surface area contributed by atoms with Crippen molar-refractivity contribution in [1.29, 1.82) is 0 Å². The molecule has 0 aliphatic carbocycles. The number of hydrogen-bond donors (Lipinski definition) is 3. The maximum atomic E-state index is 13.5. The summed E-state index contributed by atoms with van der Waals surface area (Å²) in [5.41, 5.74) is 7.01. The molecule has 3 N–H and O–H groups in total. The van der Waals surface area contributed by atoms with Gasteiger partial charge < -0.3 is 5.32 Å². The fourth-order valence-electron chi connectivity index (χ4n) is 4.67.